The Kier molecular flexibility index (Phi) is 3.60. The number of fused-ring (bicyclic) bond motifs is 1. The minimum atomic E-state index is -0.261. The van der Waals surface area contributed by atoms with Crippen molar-refractivity contribution in [3.63, 3.8) is 0 Å². The first-order valence-corrected chi connectivity index (χ1v) is 8.88. The molecule has 1 aliphatic carbocycles. The molecule has 2 aromatic heterocycles. The van der Waals surface area contributed by atoms with Crippen molar-refractivity contribution in [2.24, 2.45) is 0 Å². The van der Waals surface area contributed by atoms with Gasteiger partial charge in [0, 0.05) is 24.9 Å². The zero-order chi connectivity index (χ0) is 16.8. The molecule has 1 saturated carbocycles. The topological polar surface area (TPSA) is 51.0 Å². The number of rotatable bonds is 4. The molecule has 0 atom stereocenters. The van der Waals surface area contributed by atoms with Crippen molar-refractivity contribution < 1.29 is 9.18 Å². The second-order valence-electron chi connectivity index (χ2n) is 5.95. The van der Waals surface area contributed by atoms with Crippen molar-refractivity contribution in [3.8, 4) is 11.5 Å². The smallest absolute Gasteiger partial charge is 0.225 e. The number of carbonyl (C=O) groups excluding carboxylic acids is 1. The van der Waals surface area contributed by atoms with Crippen LogP contribution in [0.3, 0.4) is 0 Å². The van der Waals surface area contributed by atoms with Crippen molar-refractivity contribution in [2.45, 2.75) is 32.7 Å². The molecule has 5 nitrogen and oxygen atoms in total. The fourth-order valence-corrected chi connectivity index (χ4v) is 3.84. The molecule has 0 spiro atoms. The summed E-state index contributed by atoms with van der Waals surface area (Å²) in [5.74, 6) is 0.458. The van der Waals surface area contributed by atoms with Crippen LogP contribution in [0.4, 0.5) is 9.52 Å². The van der Waals surface area contributed by atoms with Crippen LogP contribution in [-0.2, 0) is 4.79 Å². The highest BCUT2D eigenvalue weighted by atomic mass is 32.1. The van der Waals surface area contributed by atoms with Crippen LogP contribution < -0.4 is 4.90 Å². The Morgan fingerprint density at radius 3 is 2.88 bits per heavy atom. The minimum absolute atomic E-state index is 0.0313. The molecule has 24 heavy (non-hydrogen) atoms. The Hall–Kier alpha value is -2.28. The number of thiazole rings is 1. The molecule has 0 aliphatic heterocycles. The number of hydrogen-bond donors (Lipinski definition) is 0. The molecule has 4 rings (SSSR count). The van der Waals surface area contributed by atoms with Gasteiger partial charge in [0.05, 0.1) is 11.0 Å². The summed E-state index contributed by atoms with van der Waals surface area (Å²) < 4.78 is 15.7. The van der Waals surface area contributed by atoms with Crippen LogP contribution in [0, 0.1) is 5.82 Å². The van der Waals surface area contributed by atoms with Crippen molar-refractivity contribution in [1.82, 2.24) is 14.5 Å². The normalized spacial score (nSPS) is 14.3. The van der Waals surface area contributed by atoms with Crippen molar-refractivity contribution in [2.75, 3.05) is 11.4 Å². The number of hydrogen-bond acceptors (Lipinski definition) is 4. The molecule has 1 amide bonds. The van der Waals surface area contributed by atoms with Gasteiger partial charge in [0.1, 0.15) is 11.5 Å². The summed E-state index contributed by atoms with van der Waals surface area (Å²) in [6.07, 6.45) is 2.14. The predicted octanol–water partition coefficient (Wildman–Crippen LogP) is 4.01. The van der Waals surface area contributed by atoms with E-state index in [-0.39, 0.29) is 11.7 Å². The number of halogens is 1. The van der Waals surface area contributed by atoms with Crippen molar-refractivity contribution in [1.29, 1.82) is 0 Å². The third kappa shape index (κ3) is 2.49. The summed E-state index contributed by atoms with van der Waals surface area (Å²) in [4.78, 5) is 22.6. The molecule has 0 bridgehead atoms. The molecule has 0 saturated heterocycles. The van der Waals surface area contributed by atoms with Gasteiger partial charge in [-0.2, -0.15) is 0 Å². The van der Waals surface area contributed by atoms with Gasteiger partial charge in [0.25, 0.3) is 0 Å². The Morgan fingerprint density at radius 2 is 2.21 bits per heavy atom. The molecule has 1 aromatic carbocycles. The number of benzene rings is 1. The van der Waals surface area contributed by atoms with E-state index in [4.69, 9.17) is 0 Å². The van der Waals surface area contributed by atoms with Crippen LogP contribution in [0.25, 0.3) is 22.6 Å². The van der Waals surface area contributed by atoms with Gasteiger partial charge < -0.3 is 4.57 Å². The molecule has 1 aliphatic rings. The van der Waals surface area contributed by atoms with Gasteiger partial charge in [-0.1, -0.05) is 0 Å². The van der Waals surface area contributed by atoms with E-state index in [1.54, 1.807) is 11.0 Å². The molecule has 2 heterocycles. The number of nitrogens with zero attached hydrogens (tertiary/aromatic N) is 4. The Labute approximate surface area is 142 Å². The van der Waals surface area contributed by atoms with Crippen LogP contribution in [0.2, 0.25) is 0 Å². The zero-order valence-electron chi connectivity index (χ0n) is 13.5. The van der Waals surface area contributed by atoms with E-state index in [1.165, 1.54) is 30.4 Å². The molecule has 124 valence electrons. The lowest BCUT2D eigenvalue weighted by Crippen LogP contribution is -2.27. The van der Waals surface area contributed by atoms with E-state index in [0.717, 1.165) is 35.4 Å². The third-order valence-electron chi connectivity index (χ3n) is 4.21. The van der Waals surface area contributed by atoms with Crippen molar-refractivity contribution in [3.05, 3.63) is 29.4 Å². The number of imidazole rings is 1. The molecule has 0 unspecified atom stereocenters. The maximum Gasteiger partial charge on any atom is 0.225 e. The number of carbonyl (C=O) groups is 1. The second kappa shape index (κ2) is 5.66. The summed E-state index contributed by atoms with van der Waals surface area (Å²) in [7, 11) is 0. The maximum atomic E-state index is 13.7. The molecule has 0 N–H and O–H groups in total. The highest BCUT2D eigenvalue weighted by Crippen LogP contribution is 2.41. The maximum absolute atomic E-state index is 13.7. The van der Waals surface area contributed by atoms with Gasteiger partial charge in [0.2, 0.25) is 5.91 Å². The van der Waals surface area contributed by atoms with Crippen LogP contribution in [0.5, 0.6) is 0 Å². The average Bonchev–Trinajstić information content (AvgIpc) is 3.14. The number of anilines is 1. The number of aromatic nitrogens is 3. The van der Waals surface area contributed by atoms with Gasteiger partial charge >= 0.3 is 0 Å². The SMILES string of the molecule is CCN(C(C)=O)c1nc(-c2nc3ccc(F)cc3n2C2CC2)cs1. The summed E-state index contributed by atoms with van der Waals surface area (Å²) in [5, 5.41) is 2.58. The monoisotopic (exact) mass is 344 g/mol. The average molecular weight is 344 g/mol. The van der Waals surface area contributed by atoms with E-state index in [1.807, 2.05) is 12.3 Å². The lowest BCUT2D eigenvalue weighted by molar-refractivity contribution is -0.116. The molecule has 7 heteroatoms. The molecular formula is C17H17FN4OS. The Bertz CT molecular complexity index is 928. The fourth-order valence-electron chi connectivity index (χ4n) is 2.93. The standard InChI is InChI=1S/C17H17FN4OS/c1-3-21(10(2)23)17-20-14(9-24-17)16-19-13-7-4-11(18)8-15(13)22(16)12-5-6-12/h4,7-9,12H,3,5-6H2,1-2H3. The first-order valence-electron chi connectivity index (χ1n) is 8.00. The summed E-state index contributed by atoms with van der Waals surface area (Å²) in [6, 6.07) is 5.02. The minimum Gasteiger partial charge on any atom is -0.319 e. The molecular weight excluding hydrogens is 327 g/mol. The summed E-state index contributed by atoms with van der Waals surface area (Å²) >= 11 is 1.43. The van der Waals surface area contributed by atoms with Gasteiger partial charge in [-0.25, -0.2) is 14.4 Å². The van der Waals surface area contributed by atoms with Crippen LogP contribution in [-0.4, -0.2) is 27.0 Å². The Morgan fingerprint density at radius 1 is 1.42 bits per heavy atom. The first kappa shape index (κ1) is 15.3. The number of amides is 1. The van der Waals surface area contributed by atoms with Crippen LogP contribution >= 0.6 is 11.3 Å². The summed E-state index contributed by atoms with van der Waals surface area (Å²) in [5.41, 5.74) is 2.31. The molecule has 0 radical (unpaired) electrons. The predicted molar refractivity (Wildman–Crippen MR) is 92.8 cm³/mol. The van der Waals surface area contributed by atoms with Gasteiger partial charge in [0.15, 0.2) is 11.0 Å². The van der Waals surface area contributed by atoms with Gasteiger partial charge in [-0.3, -0.25) is 9.69 Å². The van der Waals surface area contributed by atoms with Crippen molar-refractivity contribution >= 4 is 33.4 Å². The van der Waals surface area contributed by atoms with E-state index in [2.05, 4.69) is 14.5 Å². The Balaban J connectivity index is 1.83. The summed E-state index contributed by atoms with van der Waals surface area (Å²) in [6.45, 7) is 4.03. The molecule has 3 aromatic rings. The fraction of sp³-hybridized carbons (Fsp3) is 0.353. The van der Waals surface area contributed by atoms with E-state index >= 15 is 0 Å². The molecule has 1 fully saturated rings. The van der Waals surface area contributed by atoms with E-state index < -0.39 is 0 Å². The lowest BCUT2D eigenvalue weighted by atomic mass is 10.3. The zero-order valence-corrected chi connectivity index (χ0v) is 14.3. The van der Waals surface area contributed by atoms with E-state index in [9.17, 15) is 9.18 Å². The highest BCUT2D eigenvalue weighted by Gasteiger charge is 2.30. The largest absolute Gasteiger partial charge is 0.319 e. The van der Waals surface area contributed by atoms with E-state index in [0.29, 0.717) is 17.7 Å². The lowest BCUT2D eigenvalue weighted by Gasteiger charge is -2.14. The quantitative estimate of drug-likeness (QED) is 0.719. The highest BCUT2D eigenvalue weighted by molar-refractivity contribution is 7.14. The van der Waals surface area contributed by atoms with Gasteiger partial charge in [-0.15, -0.1) is 11.3 Å². The second-order valence-corrected chi connectivity index (χ2v) is 6.78. The van der Waals surface area contributed by atoms with Crippen LogP contribution in [0.1, 0.15) is 32.7 Å². The first-order chi connectivity index (χ1) is 11.6. The van der Waals surface area contributed by atoms with Gasteiger partial charge in [-0.05, 0) is 38.0 Å². The van der Waals surface area contributed by atoms with Crippen LogP contribution in [0.15, 0.2) is 23.6 Å². The third-order valence-corrected chi connectivity index (χ3v) is 5.08.